The van der Waals surface area contributed by atoms with E-state index in [1.165, 1.54) is 5.56 Å². The van der Waals surface area contributed by atoms with Gasteiger partial charge in [-0.25, -0.2) is 4.68 Å². The Morgan fingerprint density at radius 2 is 2.06 bits per heavy atom. The van der Waals surface area contributed by atoms with Crippen LogP contribution in [-0.2, 0) is 0 Å². The second kappa shape index (κ2) is 4.53. The van der Waals surface area contributed by atoms with Crippen molar-refractivity contribution in [3.63, 3.8) is 0 Å². The molecule has 4 heteroatoms. The molecule has 0 amide bonds. The van der Waals surface area contributed by atoms with Crippen molar-refractivity contribution in [1.29, 1.82) is 0 Å². The number of rotatable bonds is 2. The Bertz CT molecular complexity index is 544. The van der Waals surface area contributed by atoms with Gasteiger partial charge in [0.25, 0.3) is 0 Å². The molecule has 0 aliphatic carbocycles. The number of aromatic nitrogens is 2. The van der Waals surface area contributed by atoms with Crippen LogP contribution in [0.2, 0.25) is 0 Å². The molecule has 0 aliphatic rings. The molecule has 0 saturated carbocycles. The lowest BCUT2D eigenvalue weighted by molar-refractivity contribution is 0.733. The monoisotopic (exact) mass is 293 g/mol. The van der Waals surface area contributed by atoms with Crippen molar-refractivity contribution in [1.82, 2.24) is 9.78 Å². The lowest BCUT2D eigenvalue weighted by Crippen LogP contribution is -2.06. The maximum absolute atomic E-state index is 5.97. The molecular weight excluding hydrogens is 278 g/mol. The molecule has 17 heavy (non-hydrogen) atoms. The van der Waals surface area contributed by atoms with E-state index in [0.29, 0.717) is 5.92 Å². The van der Waals surface area contributed by atoms with Crippen LogP contribution in [-0.4, -0.2) is 9.78 Å². The van der Waals surface area contributed by atoms with Gasteiger partial charge >= 0.3 is 0 Å². The zero-order valence-electron chi connectivity index (χ0n) is 10.2. The molecule has 0 spiro atoms. The van der Waals surface area contributed by atoms with Crippen LogP contribution in [0.4, 0.5) is 5.69 Å². The van der Waals surface area contributed by atoms with E-state index in [4.69, 9.17) is 5.73 Å². The minimum absolute atomic E-state index is 0.348. The second-order valence-electron chi connectivity index (χ2n) is 4.48. The third kappa shape index (κ3) is 2.22. The fraction of sp³-hybridized carbons (Fsp3) is 0.308. The van der Waals surface area contributed by atoms with Crippen molar-refractivity contribution in [2.45, 2.75) is 26.7 Å². The van der Waals surface area contributed by atoms with Gasteiger partial charge < -0.3 is 5.73 Å². The first-order valence-electron chi connectivity index (χ1n) is 5.60. The normalized spacial score (nSPS) is 11.1. The van der Waals surface area contributed by atoms with Crippen LogP contribution in [0.5, 0.6) is 0 Å². The van der Waals surface area contributed by atoms with Crippen molar-refractivity contribution in [2.75, 3.05) is 5.73 Å². The Hall–Kier alpha value is -1.29. The summed E-state index contributed by atoms with van der Waals surface area (Å²) in [4.78, 5) is 0. The van der Waals surface area contributed by atoms with E-state index < -0.39 is 0 Å². The van der Waals surface area contributed by atoms with Gasteiger partial charge in [0.1, 0.15) is 0 Å². The van der Waals surface area contributed by atoms with Gasteiger partial charge in [-0.1, -0.05) is 29.8 Å². The summed E-state index contributed by atoms with van der Waals surface area (Å²) in [5, 5.41) is 4.37. The molecule has 0 bridgehead atoms. The summed E-state index contributed by atoms with van der Waals surface area (Å²) in [5.41, 5.74) is 10.0. The fourth-order valence-corrected chi connectivity index (χ4v) is 2.47. The average molecular weight is 294 g/mol. The maximum atomic E-state index is 5.97. The zero-order valence-corrected chi connectivity index (χ0v) is 11.8. The topological polar surface area (TPSA) is 43.8 Å². The Morgan fingerprint density at radius 1 is 1.35 bits per heavy atom. The minimum atomic E-state index is 0.348. The van der Waals surface area contributed by atoms with E-state index in [9.17, 15) is 0 Å². The largest absolute Gasteiger partial charge is 0.396 e. The number of hydrogen-bond acceptors (Lipinski definition) is 2. The molecule has 0 fully saturated rings. The summed E-state index contributed by atoms with van der Waals surface area (Å²) in [6.07, 6.45) is 1.72. The van der Waals surface area contributed by atoms with Gasteiger partial charge in [-0.3, -0.25) is 0 Å². The highest BCUT2D eigenvalue weighted by molar-refractivity contribution is 9.10. The standard InChI is InChI=1S/C13H16BrN3/c1-8(2)13-11(15)7-16-17(13)12-5-4-10(14)6-9(12)3/h4-8H,15H2,1-3H3. The highest BCUT2D eigenvalue weighted by atomic mass is 79.9. The van der Waals surface area contributed by atoms with E-state index in [0.717, 1.165) is 21.5 Å². The molecule has 0 unspecified atom stereocenters. The van der Waals surface area contributed by atoms with Crippen molar-refractivity contribution >= 4 is 21.6 Å². The van der Waals surface area contributed by atoms with Gasteiger partial charge in [0.15, 0.2) is 0 Å². The highest BCUT2D eigenvalue weighted by Crippen LogP contribution is 2.27. The predicted molar refractivity (Wildman–Crippen MR) is 74.5 cm³/mol. The molecule has 0 atom stereocenters. The van der Waals surface area contributed by atoms with Gasteiger partial charge in [-0.05, 0) is 36.6 Å². The maximum Gasteiger partial charge on any atom is 0.0740 e. The smallest absolute Gasteiger partial charge is 0.0740 e. The van der Waals surface area contributed by atoms with Gasteiger partial charge in [0.05, 0.1) is 23.3 Å². The molecule has 2 rings (SSSR count). The van der Waals surface area contributed by atoms with Crippen LogP contribution in [0.3, 0.4) is 0 Å². The molecule has 3 nitrogen and oxygen atoms in total. The molecular formula is C13H16BrN3. The molecule has 2 aromatic rings. The molecule has 90 valence electrons. The summed E-state index contributed by atoms with van der Waals surface area (Å²) in [6, 6.07) is 6.15. The number of nitrogens with two attached hydrogens (primary N) is 1. The van der Waals surface area contributed by atoms with Gasteiger partial charge in [-0.2, -0.15) is 5.10 Å². The zero-order chi connectivity index (χ0) is 12.6. The SMILES string of the molecule is Cc1cc(Br)ccc1-n1ncc(N)c1C(C)C. The van der Waals surface area contributed by atoms with Crippen LogP contribution in [0.1, 0.15) is 31.0 Å². The first-order chi connectivity index (χ1) is 8.00. The summed E-state index contributed by atoms with van der Waals surface area (Å²) < 4.78 is 3.01. The molecule has 0 saturated heterocycles. The third-order valence-corrected chi connectivity index (χ3v) is 3.26. The van der Waals surface area contributed by atoms with Crippen molar-refractivity contribution in [3.8, 4) is 5.69 Å². The minimum Gasteiger partial charge on any atom is -0.396 e. The summed E-state index contributed by atoms with van der Waals surface area (Å²) in [6.45, 7) is 6.32. The number of nitrogens with zero attached hydrogens (tertiary/aromatic N) is 2. The van der Waals surface area contributed by atoms with Crippen LogP contribution >= 0.6 is 15.9 Å². The quantitative estimate of drug-likeness (QED) is 0.918. The van der Waals surface area contributed by atoms with Crippen LogP contribution in [0.15, 0.2) is 28.9 Å². The van der Waals surface area contributed by atoms with Crippen molar-refractivity contribution < 1.29 is 0 Å². The van der Waals surface area contributed by atoms with E-state index in [2.05, 4.69) is 53.9 Å². The average Bonchev–Trinajstić information content (AvgIpc) is 2.60. The molecule has 0 aliphatic heterocycles. The number of anilines is 1. The second-order valence-corrected chi connectivity index (χ2v) is 5.40. The van der Waals surface area contributed by atoms with E-state index in [1.807, 2.05) is 10.7 Å². The fourth-order valence-electron chi connectivity index (χ4n) is 2.00. The molecule has 1 aromatic heterocycles. The number of halogens is 1. The number of benzene rings is 1. The number of nitrogen functional groups attached to an aromatic ring is 1. The lowest BCUT2D eigenvalue weighted by atomic mass is 10.1. The van der Waals surface area contributed by atoms with E-state index in [1.54, 1.807) is 6.20 Å². The Kier molecular flexibility index (Phi) is 3.24. The first kappa shape index (κ1) is 12.2. The molecule has 1 aromatic carbocycles. The predicted octanol–water partition coefficient (Wildman–Crippen LogP) is 3.65. The highest BCUT2D eigenvalue weighted by Gasteiger charge is 2.14. The Labute approximate surface area is 110 Å². The Morgan fingerprint density at radius 3 is 2.65 bits per heavy atom. The van der Waals surface area contributed by atoms with Gasteiger partial charge in [-0.15, -0.1) is 0 Å². The first-order valence-corrected chi connectivity index (χ1v) is 6.40. The summed E-state index contributed by atoms with van der Waals surface area (Å²) in [5.74, 6) is 0.348. The van der Waals surface area contributed by atoms with Crippen molar-refractivity contribution in [2.24, 2.45) is 0 Å². The Balaban J connectivity index is 2.61. The number of aryl methyl sites for hydroxylation is 1. The van der Waals surface area contributed by atoms with E-state index >= 15 is 0 Å². The van der Waals surface area contributed by atoms with Gasteiger partial charge in [0, 0.05) is 4.47 Å². The van der Waals surface area contributed by atoms with Crippen molar-refractivity contribution in [3.05, 3.63) is 40.1 Å². The van der Waals surface area contributed by atoms with Crippen LogP contribution in [0, 0.1) is 6.92 Å². The van der Waals surface area contributed by atoms with Crippen LogP contribution in [0.25, 0.3) is 5.69 Å². The molecule has 2 N–H and O–H groups in total. The summed E-state index contributed by atoms with van der Waals surface area (Å²) in [7, 11) is 0. The third-order valence-electron chi connectivity index (χ3n) is 2.77. The molecule has 1 heterocycles. The van der Waals surface area contributed by atoms with E-state index in [-0.39, 0.29) is 0 Å². The lowest BCUT2D eigenvalue weighted by Gasteiger charge is -2.13. The van der Waals surface area contributed by atoms with Gasteiger partial charge in [0.2, 0.25) is 0 Å². The van der Waals surface area contributed by atoms with Crippen LogP contribution < -0.4 is 5.73 Å². The number of hydrogen-bond donors (Lipinski definition) is 1. The summed E-state index contributed by atoms with van der Waals surface area (Å²) >= 11 is 3.47. The molecule has 0 radical (unpaired) electrons.